The van der Waals surface area contributed by atoms with Gasteiger partial charge in [-0.3, -0.25) is 9.78 Å². The van der Waals surface area contributed by atoms with E-state index in [0.717, 1.165) is 11.1 Å². The fraction of sp³-hybridized carbons (Fsp3) is 0.176. The van der Waals surface area contributed by atoms with Crippen LogP contribution in [0.25, 0.3) is 11.5 Å². The van der Waals surface area contributed by atoms with Gasteiger partial charge in [-0.25, -0.2) is 0 Å². The molecule has 1 amide bonds. The lowest BCUT2D eigenvalue weighted by Gasteiger charge is -2.04. The molecular weight excluding hydrogens is 328 g/mol. The molecule has 0 aliphatic rings. The summed E-state index contributed by atoms with van der Waals surface area (Å²) in [5, 5.41) is 11.4. The maximum absolute atomic E-state index is 11.9. The van der Waals surface area contributed by atoms with Crippen molar-refractivity contribution in [3.05, 3.63) is 65.3 Å². The summed E-state index contributed by atoms with van der Waals surface area (Å²) < 4.78 is 5.54. The van der Waals surface area contributed by atoms with E-state index < -0.39 is 0 Å². The van der Waals surface area contributed by atoms with E-state index in [1.807, 2.05) is 18.2 Å². The van der Waals surface area contributed by atoms with Gasteiger partial charge in [0.15, 0.2) is 0 Å². The average molecular weight is 343 g/mol. The third-order valence-electron chi connectivity index (χ3n) is 3.34. The van der Waals surface area contributed by atoms with Crippen LogP contribution in [-0.2, 0) is 17.8 Å². The number of rotatable bonds is 6. The van der Waals surface area contributed by atoms with Crippen molar-refractivity contribution in [3.63, 3.8) is 0 Å². The zero-order valence-corrected chi connectivity index (χ0v) is 13.5. The molecule has 24 heavy (non-hydrogen) atoms. The van der Waals surface area contributed by atoms with Gasteiger partial charge in [0.2, 0.25) is 17.7 Å². The van der Waals surface area contributed by atoms with Crippen LogP contribution in [0.1, 0.15) is 17.9 Å². The highest BCUT2D eigenvalue weighted by molar-refractivity contribution is 6.30. The summed E-state index contributed by atoms with van der Waals surface area (Å²) >= 11 is 5.82. The van der Waals surface area contributed by atoms with Gasteiger partial charge in [0.25, 0.3) is 0 Å². The highest BCUT2D eigenvalue weighted by Crippen LogP contribution is 2.16. The van der Waals surface area contributed by atoms with Gasteiger partial charge in [-0.2, -0.15) is 0 Å². The van der Waals surface area contributed by atoms with Gasteiger partial charge in [-0.1, -0.05) is 23.7 Å². The monoisotopic (exact) mass is 342 g/mol. The van der Waals surface area contributed by atoms with Crippen molar-refractivity contribution in [1.82, 2.24) is 20.5 Å². The van der Waals surface area contributed by atoms with E-state index >= 15 is 0 Å². The smallest absolute Gasteiger partial charge is 0.249 e. The van der Waals surface area contributed by atoms with Gasteiger partial charge in [0.1, 0.15) is 0 Å². The Labute approximate surface area is 143 Å². The van der Waals surface area contributed by atoms with Gasteiger partial charge < -0.3 is 9.73 Å². The molecule has 1 N–H and O–H groups in total. The molecule has 1 aromatic carbocycles. The fourth-order valence-electron chi connectivity index (χ4n) is 2.07. The van der Waals surface area contributed by atoms with Crippen LogP contribution < -0.4 is 5.32 Å². The number of carbonyl (C=O) groups is 1. The van der Waals surface area contributed by atoms with Crippen molar-refractivity contribution in [1.29, 1.82) is 0 Å². The largest absolute Gasteiger partial charge is 0.421 e. The molecule has 0 radical (unpaired) electrons. The number of aromatic nitrogens is 3. The van der Waals surface area contributed by atoms with E-state index in [2.05, 4.69) is 20.5 Å². The summed E-state index contributed by atoms with van der Waals surface area (Å²) in [7, 11) is 0. The highest BCUT2D eigenvalue weighted by atomic mass is 35.5. The molecule has 2 aromatic heterocycles. The SMILES string of the molecule is O=C(CCc1nnc(-c2cccnc2)o1)NCc1ccc(Cl)cc1. The van der Waals surface area contributed by atoms with Crippen LogP contribution in [0, 0.1) is 0 Å². The Kier molecular flexibility index (Phi) is 5.18. The van der Waals surface area contributed by atoms with Crippen molar-refractivity contribution in [3.8, 4) is 11.5 Å². The fourth-order valence-corrected chi connectivity index (χ4v) is 2.20. The Morgan fingerprint density at radius 1 is 1.17 bits per heavy atom. The van der Waals surface area contributed by atoms with E-state index in [1.165, 1.54) is 0 Å². The topological polar surface area (TPSA) is 80.9 Å². The molecule has 3 aromatic rings. The molecular formula is C17H15ClN4O2. The molecule has 0 aliphatic carbocycles. The number of hydrogen-bond donors (Lipinski definition) is 1. The molecule has 0 spiro atoms. The summed E-state index contributed by atoms with van der Waals surface area (Å²) in [4.78, 5) is 15.9. The Balaban J connectivity index is 1.48. The third-order valence-corrected chi connectivity index (χ3v) is 3.60. The molecule has 7 heteroatoms. The van der Waals surface area contributed by atoms with Crippen molar-refractivity contribution < 1.29 is 9.21 Å². The minimum absolute atomic E-state index is 0.0777. The molecule has 0 unspecified atom stereocenters. The van der Waals surface area contributed by atoms with Crippen LogP contribution in [0.5, 0.6) is 0 Å². The number of pyridine rings is 1. The first-order valence-corrected chi connectivity index (χ1v) is 7.82. The molecule has 122 valence electrons. The van der Waals surface area contributed by atoms with E-state index in [-0.39, 0.29) is 12.3 Å². The standard InChI is InChI=1S/C17H15ClN4O2/c18-14-5-3-12(4-6-14)10-20-15(23)7-8-16-21-22-17(24-16)13-2-1-9-19-11-13/h1-6,9,11H,7-8,10H2,(H,20,23). The highest BCUT2D eigenvalue weighted by Gasteiger charge is 2.10. The van der Waals surface area contributed by atoms with Crippen molar-refractivity contribution in [2.75, 3.05) is 0 Å². The third kappa shape index (κ3) is 4.39. The first-order valence-electron chi connectivity index (χ1n) is 7.44. The number of nitrogens with one attached hydrogen (secondary N) is 1. The average Bonchev–Trinajstić information content (AvgIpc) is 3.09. The van der Waals surface area contributed by atoms with Crippen LogP contribution in [0.3, 0.4) is 0 Å². The second-order valence-electron chi connectivity index (χ2n) is 5.15. The summed E-state index contributed by atoms with van der Waals surface area (Å²) in [6, 6.07) is 11.0. The zero-order valence-electron chi connectivity index (χ0n) is 12.8. The predicted octanol–water partition coefficient (Wildman–Crippen LogP) is 3.03. The predicted molar refractivity (Wildman–Crippen MR) is 89.1 cm³/mol. The molecule has 3 rings (SSSR count). The Bertz CT molecular complexity index is 803. The van der Waals surface area contributed by atoms with Crippen LogP contribution in [-0.4, -0.2) is 21.1 Å². The van der Waals surface area contributed by atoms with Crippen LogP contribution in [0.4, 0.5) is 0 Å². The number of amides is 1. The number of halogens is 1. The molecule has 0 saturated heterocycles. The van der Waals surface area contributed by atoms with E-state index in [0.29, 0.717) is 29.8 Å². The molecule has 0 aliphatic heterocycles. The number of hydrogen-bond acceptors (Lipinski definition) is 5. The molecule has 2 heterocycles. The quantitative estimate of drug-likeness (QED) is 0.744. The first-order chi connectivity index (χ1) is 11.7. The summed E-state index contributed by atoms with van der Waals surface area (Å²) in [6.07, 6.45) is 3.99. The van der Waals surface area contributed by atoms with Crippen LogP contribution in [0.2, 0.25) is 5.02 Å². The summed E-state index contributed by atoms with van der Waals surface area (Å²) in [5.41, 5.74) is 1.74. The lowest BCUT2D eigenvalue weighted by molar-refractivity contribution is -0.121. The molecule has 0 bridgehead atoms. The van der Waals surface area contributed by atoms with Crippen molar-refractivity contribution >= 4 is 17.5 Å². The summed E-state index contributed by atoms with van der Waals surface area (Å²) in [5.74, 6) is 0.751. The van der Waals surface area contributed by atoms with Crippen LogP contribution >= 0.6 is 11.6 Å². The lowest BCUT2D eigenvalue weighted by Crippen LogP contribution is -2.23. The minimum atomic E-state index is -0.0777. The Morgan fingerprint density at radius 3 is 2.75 bits per heavy atom. The van der Waals surface area contributed by atoms with E-state index in [1.54, 1.807) is 30.6 Å². The second kappa shape index (κ2) is 7.70. The number of nitrogens with zero attached hydrogens (tertiary/aromatic N) is 3. The van der Waals surface area contributed by atoms with Gasteiger partial charge in [0.05, 0.1) is 5.56 Å². The number of aryl methyl sites for hydroxylation is 1. The second-order valence-corrected chi connectivity index (χ2v) is 5.58. The Morgan fingerprint density at radius 2 is 2.00 bits per heavy atom. The molecule has 0 atom stereocenters. The van der Waals surface area contributed by atoms with Gasteiger partial charge >= 0.3 is 0 Å². The summed E-state index contributed by atoms with van der Waals surface area (Å²) in [6.45, 7) is 0.459. The zero-order chi connectivity index (χ0) is 16.8. The first kappa shape index (κ1) is 16.1. The van der Waals surface area contributed by atoms with Crippen molar-refractivity contribution in [2.45, 2.75) is 19.4 Å². The normalized spacial score (nSPS) is 10.5. The van der Waals surface area contributed by atoms with Crippen molar-refractivity contribution in [2.24, 2.45) is 0 Å². The maximum atomic E-state index is 11.9. The minimum Gasteiger partial charge on any atom is -0.421 e. The van der Waals surface area contributed by atoms with Crippen LogP contribution in [0.15, 0.2) is 53.2 Å². The maximum Gasteiger partial charge on any atom is 0.249 e. The Hall–Kier alpha value is -2.73. The van der Waals surface area contributed by atoms with Gasteiger partial charge in [-0.15, -0.1) is 10.2 Å². The van der Waals surface area contributed by atoms with E-state index in [4.69, 9.17) is 16.0 Å². The number of benzene rings is 1. The van der Waals surface area contributed by atoms with E-state index in [9.17, 15) is 4.79 Å². The molecule has 0 saturated carbocycles. The molecule has 6 nitrogen and oxygen atoms in total. The van der Waals surface area contributed by atoms with Gasteiger partial charge in [0, 0.05) is 36.8 Å². The lowest BCUT2D eigenvalue weighted by atomic mass is 10.2. The molecule has 0 fully saturated rings. The van der Waals surface area contributed by atoms with Gasteiger partial charge in [-0.05, 0) is 29.8 Å². The number of carbonyl (C=O) groups excluding carboxylic acids is 1.